The van der Waals surface area contributed by atoms with Crippen LogP contribution < -0.4 is 0 Å². The van der Waals surface area contributed by atoms with Crippen LogP contribution in [0.3, 0.4) is 0 Å². The van der Waals surface area contributed by atoms with Gasteiger partial charge < -0.3 is 0 Å². The molecule has 0 aliphatic carbocycles. The van der Waals surface area contributed by atoms with Crippen molar-refractivity contribution in [2.45, 2.75) is 20.8 Å². The van der Waals surface area contributed by atoms with Crippen LogP contribution in [0, 0.1) is 30.9 Å². The number of aromatic nitrogens is 2. The Morgan fingerprint density at radius 1 is 1.14 bits per heavy atom. The average Bonchev–Trinajstić information content (AvgIpc) is 2.75. The topological polar surface area (TPSA) is 60.4 Å². The normalized spacial score (nSPS) is 11.0. The minimum atomic E-state index is -0.376. The zero-order valence-electron chi connectivity index (χ0n) is 12.1. The molecule has 3 rings (SSSR count). The van der Waals surface area contributed by atoms with Crippen molar-refractivity contribution in [2.75, 3.05) is 0 Å². The van der Waals surface area contributed by atoms with Crippen molar-refractivity contribution in [3.63, 3.8) is 0 Å². The molecule has 0 bridgehead atoms. The molecule has 0 saturated carbocycles. The molecule has 21 heavy (non-hydrogen) atoms. The number of hydrogen-bond acceptors (Lipinski definition) is 3. The number of pyridine rings is 1. The van der Waals surface area contributed by atoms with Crippen LogP contribution in [0.1, 0.15) is 17.0 Å². The van der Waals surface area contributed by atoms with Gasteiger partial charge in [-0.05, 0) is 38.5 Å². The van der Waals surface area contributed by atoms with Crippen LogP contribution in [-0.4, -0.2) is 14.3 Å². The Labute approximate surface area is 122 Å². The van der Waals surface area contributed by atoms with Gasteiger partial charge in [-0.15, -0.1) is 0 Å². The summed E-state index contributed by atoms with van der Waals surface area (Å²) in [6.45, 7) is 5.97. The lowest BCUT2D eigenvalue weighted by molar-refractivity contribution is -0.384. The minimum absolute atomic E-state index is 0.0895. The number of nitro benzene ring substituents is 1. The van der Waals surface area contributed by atoms with Gasteiger partial charge in [-0.25, -0.2) is 4.98 Å². The molecule has 0 radical (unpaired) electrons. The number of fused-ring (bicyclic) bond motifs is 1. The molecule has 2 heterocycles. The van der Waals surface area contributed by atoms with Crippen molar-refractivity contribution in [1.82, 2.24) is 9.38 Å². The molecule has 0 aliphatic heterocycles. The van der Waals surface area contributed by atoms with Crippen molar-refractivity contribution in [3.05, 3.63) is 63.5 Å². The second-order valence-electron chi connectivity index (χ2n) is 5.22. The predicted octanol–water partition coefficient (Wildman–Crippen LogP) is 3.83. The molecule has 3 aromatic rings. The number of non-ortho nitro benzene ring substituents is 1. The molecule has 1 aromatic carbocycles. The van der Waals surface area contributed by atoms with E-state index in [1.807, 2.05) is 37.3 Å². The molecule has 0 aliphatic rings. The van der Waals surface area contributed by atoms with Crippen molar-refractivity contribution < 1.29 is 4.92 Å². The van der Waals surface area contributed by atoms with Gasteiger partial charge in [-0.2, -0.15) is 0 Å². The van der Waals surface area contributed by atoms with Gasteiger partial charge in [-0.1, -0.05) is 12.1 Å². The second kappa shape index (κ2) is 4.70. The Hall–Kier alpha value is -2.69. The van der Waals surface area contributed by atoms with Gasteiger partial charge in [-0.3, -0.25) is 14.5 Å². The minimum Gasteiger partial charge on any atom is -0.297 e. The summed E-state index contributed by atoms with van der Waals surface area (Å²) in [5.74, 6) is 0. The van der Waals surface area contributed by atoms with E-state index in [0.717, 1.165) is 33.9 Å². The summed E-state index contributed by atoms with van der Waals surface area (Å²) < 4.78 is 2.04. The molecule has 0 atom stereocenters. The summed E-state index contributed by atoms with van der Waals surface area (Å²) >= 11 is 0. The standard InChI is InChI=1S/C16H15N3O2/c1-10-7-11(2)18-15(8-10)17-12(3)16(18)13-5-4-6-14(9-13)19(20)21/h4-9H,1-3H3. The molecule has 0 amide bonds. The van der Waals surface area contributed by atoms with E-state index in [-0.39, 0.29) is 10.6 Å². The summed E-state index contributed by atoms with van der Waals surface area (Å²) in [7, 11) is 0. The van der Waals surface area contributed by atoms with E-state index >= 15 is 0 Å². The van der Waals surface area contributed by atoms with E-state index in [2.05, 4.69) is 11.1 Å². The van der Waals surface area contributed by atoms with Crippen LogP contribution in [0.5, 0.6) is 0 Å². The monoisotopic (exact) mass is 281 g/mol. The number of benzene rings is 1. The van der Waals surface area contributed by atoms with Gasteiger partial charge in [0.25, 0.3) is 5.69 Å². The van der Waals surface area contributed by atoms with E-state index < -0.39 is 0 Å². The third-order valence-electron chi connectivity index (χ3n) is 3.55. The van der Waals surface area contributed by atoms with E-state index in [9.17, 15) is 10.1 Å². The van der Waals surface area contributed by atoms with Gasteiger partial charge in [0.2, 0.25) is 0 Å². The van der Waals surface area contributed by atoms with Crippen LogP contribution in [0.4, 0.5) is 5.69 Å². The molecule has 0 fully saturated rings. The number of imidazole rings is 1. The smallest absolute Gasteiger partial charge is 0.270 e. The first-order chi connectivity index (χ1) is 9.97. The maximum atomic E-state index is 11.0. The zero-order valence-corrected chi connectivity index (χ0v) is 12.1. The SMILES string of the molecule is Cc1cc(C)n2c(-c3cccc([N+](=O)[O-])c3)c(C)nc2c1. The van der Waals surface area contributed by atoms with Gasteiger partial charge in [0, 0.05) is 23.4 Å². The summed E-state index contributed by atoms with van der Waals surface area (Å²) in [6, 6.07) is 10.8. The molecular weight excluding hydrogens is 266 g/mol. The molecule has 0 saturated heterocycles. The fourth-order valence-corrected chi connectivity index (χ4v) is 2.75. The van der Waals surface area contributed by atoms with Crippen LogP contribution >= 0.6 is 0 Å². The number of nitro groups is 1. The molecular formula is C16H15N3O2. The molecule has 0 unspecified atom stereocenters. The first-order valence-electron chi connectivity index (χ1n) is 6.68. The third kappa shape index (κ3) is 2.16. The highest BCUT2D eigenvalue weighted by Gasteiger charge is 2.15. The van der Waals surface area contributed by atoms with E-state index in [1.54, 1.807) is 12.1 Å². The summed E-state index contributed by atoms with van der Waals surface area (Å²) in [4.78, 5) is 15.2. The second-order valence-corrected chi connectivity index (χ2v) is 5.22. The Balaban J connectivity index is 2.32. The lowest BCUT2D eigenvalue weighted by atomic mass is 10.1. The van der Waals surface area contributed by atoms with Gasteiger partial charge >= 0.3 is 0 Å². The van der Waals surface area contributed by atoms with Gasteiger partial charge in [0.15, 0.2) is 0 Å². The molecule has 2 aromatic heterocycles. The molecule has 0 spiro atoms. The first-order valence-corrected chi connectivity index (χ1v) is 6.68. The predicted molar refractivity (Wildman–Crippen MR) is 81.5 cm³/mol. The zero-order chi connectivity index (χ0) is 15.1. The van der Waals surface area contributed by atoms with Crippen molar-refractivity contribution in [2.24, 2.45) is 0 Å². The average molecular weight is 281 g/mol. The Bertz CT molecular complexity index is 865. The number of aryl methyl sites for hydroxylation is 3. The summed E-state index contributed by atoms with van der Waals surface area (Å²) in [5, 5.41) is 11.0. The molecule has 5 nitrogen and oxygen atoms in total. The maximum absolute atomic E-state index is 11.0. The summed E-state index contributed by atoms with van der Waals surface area (Å²) in [6.07, 6.45) is 0. The van der Waals surface area contributed by atoms with Crippen LogP contribution in [0.25, 0.3) is 16.9 Å². The summed E-state index contributed by atoms with van der Waals surface area (Å²) in [5.41, 5.74) is 5.75. The Morgan fingerprint density at radius 2 is 1.90 bits per heavy atom. The Morgan fingerprint density at radius 3 is 2.62 bits per heavy atom. The van der Waals surface area contributed by atoms with Crippen LogP contribution in [-0.2, 0) is 0 Å². The molecule has 0 N–H and O–H groups in total. The first kappa shape index (κ1) is 13.3. The third-order valence-corrected chi connectivity index (χ3v) is 3.55. The fourth-order valence-electron chi connectivity index (χ4n) is 2.75. The van der Waals surface area contributed by atoms with Crippen molar-refractivity contribution >= 4 is 11.3 Å². The molecule has 5 heteroatoms. The largest absolute Gasteiger partial charge is 0.297 e. The lowest BCUT2D eigenvalue weighted by Gasteiger charge is -2.07. The Kier molecular flexibility index (Phi) is 2.97. The van der Waals surface area contributed by atoms with E-state index in [4.69, 9.17) is 0 Å². The highest BCUT2D eigenvalue weighted by Crippen LogP contribution is 2.29. The molecule has 106 valence electrons. The highest BCUT2D eigenvalue weighted by atomic mass is 16.6. The van der Waals surface area contributed by atoms with E-state index in [0.29, 0.717) is 0 Å². The van der Waals surface area contributed by atoms with Crippen molar-refractivity contribution in [3.8, 4) is 11.3 Å². The van der Waals surface area contributed by atoms with Crippen LogP contribution in [0.15, 0.2) is 36.4 Å². The highest BCUT2D eigenvalue weighted by molar-refractivity contribution is 5.70. The number of rotatable bonds is 2. The lowest BCUT2D eigenvalue weighted by Crippen LogP contribution is -1.96. The number of nitrogens with zero attached hydrogens (tertiary/aromatic N) is 3. The number of hydrogen-bond donors (Lipinski definition) is 0. The van der Waals surface area contributed by atoms with Gasteiger partial charge in [0.1, 0.15) is 5.65 Å². The van der Waals surface area contributed by atoms with Crippen LogP contribution in [0.2, 0.25) is 0 Å². The quantitative estimate of drug-likeness (QED) is 0.529. The van der Waals surface area contributed by atoms with E-state index in [1.165, 1.54) is 6.07 Å². The van der Waals surface area contributed by atoms with Gasteiger partial charge in [0.05, 0.1) is 16.3 Å². The van der Waals surface area contributed by atoms with Crippen molar-refractivity contribution in [1.29, 1.82) is 0 Å². The fraction of sp³-hybridized carbons (Fsp3) is 0.188. The maximum Gasteiger partial charge on any atom is 0.270 e.